The quantitative estimate of drug-likeness (QED) is 0.880. The van der Waals surface area contributed by atoms with Gasteiger partial charge in [0.1, 0.15) is 0 Å². The van der Waals surface area contributed by atoms with Crippen LogP contribution in [0.4, 0.5) is 0 Å². The van der Waals surface area contributed by atoms with Gasteiger partial charge in [0.05, 0.1) is 5.69 Å². The van der Waals surface area contributed by atoms with Crippen LogP contribution in [-0.2, 0) is 6.54 Å². The highest BCUT2D eigenvalue weighted by Crippen LogP contribution is 2.18. The second-order valence-electron chi connectivity index (χ2n) is 4.99. The number of nitrogens with two attached hydrogens (primary N) is 1. The van der Waals surface area contributed by atoms with Gasteiger partial charge in [0.25, 0.3) is 0 Å². The van der Waals surface area contributed by atoms with E-state index < -0.39 is 0 Å². The Hall–Kier alpha value is -0.910. The molecule has 0 saturated carbocycles. The second kappa shape index (κ2) is 4.40. The lowest BCUT2D eigenvalue weighted by molar-refractivity contribution is 0.156. The first-order chi connectivity index (χ1) is 8.22. The molecule has 5 heteroatoms. The molecule has 4 nitrogen and oxygen atoms in total. The maximum atomic E-state index is 6.03. The van der Waals surface area contributed by atoms with Crippen molar-refractivity contribution in [3.8, 4) is 0 Å². The average molecular weight is 250 g/mol. The molecular weight excluding hydrogens is 232 g/mol. The molecule has 2 N–H and O–H groups in total. The minimum atomic E-state index is 0.372. The first kappa shape index (κ1) is 11.2. The molecule has 2 aromatic rings. The zero-order valence-electron chi connectivity index (χ0n) is 10.0. The monoisotopic (exact) mass is 250 g/mol. The summed E-state index contributed by atoms with van der Waals surface area (Å²) >= 11 is 1.68. The van der Waals surface area contributed by atoms with Gasteiger partial charge in [-0.2, -0.15) is 0 Å². The van der Waals surface area contributed by atoms with Gasteiger partial charge in [0, 0.05) is 43.4 Å². The third-order valence-electron chi connectivity index (χ3n) is 3.58. The normalized spacial score (nSPS) is 26.7. The van der Waals surface area contributed by atoms with Crippen LogP contribution in [0.25, 0.3) is 4.96 Å². The number of fused-ring (bicyclic) bond motifs is 1. The maximum absolute atomic E-state index is 6.03. The molecule has 0 aromatic carbocycles. The van der Waals surface area contributed by atoms with E-state index >= 15 is 0 Å². The van der Waals surface area contributed by atoms with Crippen molar-refractivity contribution >= 4 is 16.3 Å². The summed E-state index contributed by atoms with van der Waals surface area (Å²) < 4.78 is 2.10. The molecule has 1 aliphatic heterocycles. The lowest BCUT2D eigenvalue weighted by Crippen LogP contribution is -2.45. The number of aromatic nitrogens is 2. The van der Waals surface area contributed by atoms with Crippen LogP contribution in [0.5, 0.6) is 0 Å². The SMILES string of the molecule is CC1CN(Cc2cn3ccsc3n2)CCC1N. The van der Waals surface area contributed by atoms with E-state index in [1.807, 2.05) is 0 Å². The van der Waals surface area contributed by atoms with Crippen LogP contribution >= 0.6 is 11.3 Å². The van der Waals surface area contributed by atoms with Gasteiger partial charge >= 0.3 is 0 Å². The summed E-state index contributed by atoms with van der Waals surface area (Å²) in [6, 6.07) is 0.372. The summed E-state index contributed by atoms with van der Waals surface area (Å²) in [5, 5.41) is 2.06. The zero-order valence-corrected chi connectivity index (χ0v) is 10.9. The number of rotatable bonds is 2. The lowest BCUT2D eigenvalue weighted by Gasteiger charge is -2.34. The van der Waals surface area contributed by atoms with E-state index in [-0.39, 0.29) is 0 Å². The molecule has 0 radical (unpaired) electrons. The molecule has 2 aromatic heterocycles. The van der Waals surface area contributed by atoms with Crippen molar-refractivity contribution in [1.82, 2.24) is 14.3 Å². The largest absolute Gasteiger partial charge is 0.327 e. The Morgan fingerprint density at radius 1 is 1.59 bits per heavy atom. The standard InChI is InChI=1S/C12H18N4S/c1-9-6-15(3-2-11(9)13)7-10-8-16-4-5-17-12(16)14-10/h4-5,8-9,11H,2-3,6-7,13H2,1H3. The Morgan fingerprint density at radius 3 is 3.24 bits per heavy atom. The van der Waals surface area contributed by atoms with Gasteiger partial charge in [-0.25, -0.2) is 4.98 Å². The highest BCUT2D eigenvalue weighted by Gasteiger charge is 2.23. The molecule has 0 aliphatic carbocycles. The fraction of sp³-hybridized carbons (Fsp3) is 0.583. The summed E-state index contributed by atoms with van der Waals surface area (Å²) in [5.74, 6) is 0.590. The van der Waals surface area contributed by atoms with Crippen LogP contribution in [0, 0.1) is 5.92 Å². The van der Waals surface area contributed by atoms with Crippen LogP contribution in [0.2, 0.25) is 0 Å². The van der Waals surface area contributed by atoms with Crippen molar-refractivity contribution in [3.63, 3.8) is 0 Å². The van der Waals surface area contributed by atoms with Gasteiger partial charge in [-0.05, 0) is 12.3 Å². The van der Waals surface area contributed by atoms with Gasteiger partial charge in [-0.3, -0.25) is 9.30 Å². The van der Waals surface area contributed by atoms with Crippen molar-refractivity contribution in [2.75, 3.05) is 13.1 Å². The molecule has 0 spiro atoms. The molecule has 17 heavy (non-hydrogen) atoms. The molecule has 0 bridgehead atoms. The second-order valence-corrected chi connectivity index (χ2v) is 5.86. The van der Waals surface area contributed by atoms with E-state index in [1.54, 1.807) is 11.3 Å². The van der Waals surface area contributed by atoms with Crippen LogP contribution in [0.15, 0.2) is 17.8 Å². The van der Waals surface area contributed by atoms with Gasteiger partial charge in [0.2, 0.25) is 0 Å². The molecule has 3 rings (SSSR count). The number of nitrogens with zero attached hydrogens (tertiary/aromatic N) is 3. The van der Waals surface area contributed by atoms with Crippen molar-refractivity contribution in [1.29, 1.82) is 0 Å². The Balaban J connectivity index is 1.69. The summed E-state index contributed by atoms with van der Waals surface area (Å²) in [7, 11) is 0. The molecule has 1 saturated heterocycles. The summed E-state index contributed by atoms with van der Waals surface area (Å²) in [6.07, 6.45) is 5.29. The fourth-order valence-corrected chi connectivity index (χ4v) is 3.19. The Kier molecular flexibility index (Phi) is 2.90. The average Bonchev–Trinajstić information content (AvgIpc) is 2.84. The van der Waals surface area contributed by atoms with E-state index in [2.05, 4.69) is 39.0 Å². The first-order valence-electron chi connectivity index (χ1n) is 6.11. The number of hydrogen-bond acceptors (Lipinski definition) is 4. The minimum Gasteiger partial charge on any atom is -0.327 e. The fourth-order valence-electron chi connectivity index (χ4n) is 2.48. The number of hydrogen-bond donors (Lipinski definition) is 1. The van der Waals surface area contributed by atoms with Crippen LogP contribution in [0.3, 0.4) is 0 Å². The van der Waals surface area contributed by atoms with Crippen molar-refractivity contribution in [2.24, 2.45) is 11.7 Å². The highest BCUT2D eigenvalue weighted by molar-refractivity contribution is 7.15. The third kappa shape index (κ3) is 2.22. The molecule has 2 atom stereocenters. The molecule has 3 heterocycles. The van der Waals surface area contributed by atoms with Crippen molar-refractivity contribution in [2.45, 2.75) is 25.9 Å². The van der Waals surface area contributed by atoms with Crippen LogP contribution in [-0.4, -0.2) is 33.4 Å². The highest BCUT2D eigenvalue weighted by atomic mass is 32.1. The predicted octanol–water partition coefficient (Wildman–Crippen LogP) is 1.56. The van der Waals surface area contributed by atoms with E-state index in [0.29, 0.717) is 12.0 Å². The molecule has 1 fully saturated rings. The summed E-state index contributed by atoms with van der Waals surface area (Å²) in [4.78, 5) is 8.16. The van der Waals surface area contributed by atoms with E-state index in [9.17, 15) is 0 Å². The van der Waals surface area contributed by atoms with E-state index in [1.165, 1.54) is 5.69 Å². The maximum Gasteiger partial charge on any atom is 0.193 e. The van der Waals surface area contributed by atoms with Crippen molar-refractivity contribution in [3.05, 3.63) is 23.5 Å². The Bertz CT molecular complexity index is 475. The molecule has 0 amide bonds. The smallest absolute Gasteiger partial charge is 0.193 e. The molecular formula is C12H18N4S. The lowest BCUT2D eigenvalue weighted by atomic mass is 9.95. The van der Waals surface area contributed by atoms with E-state index in [0.717, 1.165) is 31.0 Å². The number of imidazole rings is 1. The summed E-state index contributed by atoms with van der Waals surface area (Å²) in [6.45, 7) is 5.37. The Labute approximate surface area is 105 Å². The predicted molar refractivity (Wildman–Crippen MR) is 70.1 cm³/mol. The number of thiazole rings is 1. The topological polar surface area (TPSA) is 46.6 Å². The Morgan fingerprint density at radius 2 is 2.47 bits per heavy atom. The minimum absolute atomic E-state index is 0.372. The molecule has 2 unspecified atom stereocenters. The van der Waals surface area contributed by atoms with Crippen LogP contribution < -0.4 is 5.73 Å². The van der Waals surface area contributed by atoms with Crippen LogP contribution in [0.1, 0.15) is 19.0 Å². The van der Waals surface area contributed by atoms with Gasteiger partial charge in [-0.1, -0.05) is 6.92 Å². The van der Waals surface area contributed by atoms with E-state index in [4.69, 9.17) is 5.73 Å². The van der Waals surface area contributed by atoms with Gasteiger partial charge in [-0.15, -0.1) is 11.3 Å². The molecule has 1 aliphatic rings. The van der Waals surface area contributed by atoms with Gasteiger partial charge in [0.15, 0.2) is 4.96 Å². The first-order valence-corrected chi connectivity index (χ1v) is 6.99. The zero-order chi connectivity index (χ0) is 11.8. The summed E-state index contributed by atoms with van der Waals surface area (Å²) in [5.41, 5.74) is 7.20. The number of piperidine rings is 1. The number of likely N-dealkylation sites (tertiary alicyclic amines) is 1. The third-order valence-corrected chi connectivity index (χ3v) is 4.36. The molecule has 92 valence electrons. The van der Waals surface area contributed by atoms with Crippen molar-refractivity contribution < 1.29 is 0 Å². The van der Waals surface area contributed by atoms with Gasteiger partial charge < -0.3 is 5.73 Å².